The van der Waals surface area contributed by atoms with E-state index in [9.17, 15) is 9.59 Å². The number of hydrogen-bond acceptors (Lipinski definition) is 4. The van der Waals surface area contributed by atoms with E-state index in [4.69, 9.17) is 10.2 Å². The van der Waals surface area contributed by atoms with Crippen molar-refractivity contribution in [3.8, 4) is 0 Å². The van der Waals surface area contributed by atoms with Crippen molar-refractivity contribution in [3.63, 3.8) is 0 Å². The van der Waals surface area contributed by atoms with Crippen LogP contribution in [0.3, 0.4) is 0 Å². The maximum absolute atomic E-state index is 10.7. The number of carboxylic acid groups (broad SMARTS) is 2. The van der Waals surface area contributed by atoms with Gasteiger partial charge in [-0.1, -0.05) is 6.92 Å². The van der Waals surface area contributed by atoms with E-state index in [1.54, 1.807) is 0 Å². The Kier molecular flexibility index (Phi) is 6.82. The number of aliphatic carboxylic acids is 2. The minimum absolute atomic E-state index is 0.108. The Labute approximate surface area is 92.5 Å². The van der Waals surface area contributed by atoms with Gasteiger partial charge < -0.3 is 10.2 Å². The molecular formula is C8H14O4S2. The Bertz CT molecular complexity index is 208. The monoisotopic (exact) mass is 238 g/mol. The average Bonchev–Trinajstić information content (AvgIpc) is 2.10. The second kappa shape index (κ2) is 7.00. The first kappa shape index (κ1) is 13.6. The van der Waals surface area contributed by atoms with Crippen molar-refractivity contribution in [2.24, 2.45) is 0 Å². The molecule has 82 valence electrons. The molecule has 0 aromatic carbocycles. The lowest BCUT2D eigenvalue weighted by molar-refractivity contribution is -0.138. The largest absolute Gasteiger partial charge is 0.481 e. The molecule has 0 spiro atoms. The van der Waals surface area contributed by atoms with Crippen LogP contribution < -0.4 is 0 Å². The third-order valence-corrected chi connectivity index (χ3v) is 3.74. The van der Waals surface area contributed by atoms with E-state index in [0.717, 1.165) is 0 Å². The summed E-state index contributed by atoms with van der Waals surface area (Å²) in [7, 11) is 0. The molecule has 0 aliphatic carbocycles. The molecule has 0 fully saturated rings. The highest BCUT2D eigenvalue weighted by molar-refractivity contribution is 8.01. The summed E-state index contributed by atoms with van der Waals surface area (Å²) >= 11 is 5.29. The zero-order valence-electron chi connectivity index (χ0n) is 7.84. The fourth-order valence-corrected chi connectivity index (χ4v) is 2.10. The van der Waals surface area contributed by atoms with Gasteiger partial charge in [-0.3, -0.25) is 9.59 Å². The highest BCUT2D eigenvalue weighted by atomic mass is 32.2. The third-order valence-electron chi connectivity index (χ3n) is 1.55. The molecule has 0 aliphatic heterocycles. The number of rotatable bonds is 7. The summed E-state index contributed by atoms with van der Waals surface area (Å²) in [4.78, 5) is 21.0. The van der Waals surface area contributed by atoms with Gasteiger partial charge >= 0.3 is 11.9 Å². The second-order valence-electron chi connectivity index (χ2n) is 2.89. The molecule has 6 heteroatoms. The van der Waals surface area contributed by atoms with Crippen molar-refractivity contribution >= 4 is 36.3 Å². The van der Waals surface area contributed by atoms with Gasteiger partial charge in [0.1, 0.15) is 5.25 Å². The quantitative estimate of drug-likeness (QED) is 0.584. The van der Waals surface area contributed by atoms with Gasteiger partial charge in [-0.2, -0.15) is 12.6 Å². The SMILES string of the molecule is CC(CS)SC(CCC(=O)O)C(=O)O. The lowest BCUT2D eigenvalue weighted by Gasteiger charge is -2.14. The van der Waals surface area contributed by atoms with Crippen LogP contribution in [-0.2, 0) is 9.59 Å². The molecule has 0 amide bonds. The Morgan fingerprint density at radius 1 is 1.43 bits per heavy atom. The molecule has 2 atom stereocenters. The summed E-state index contributed by atoms with van der Waals surface area (Å²) in [6.07, 6.45) is 0.0523. The first-order chi connectivity index (χ1) is 6.47. The Hall–Kier alpha value is -0.360. The van der Waals surface area contributed by atoms with E-state index >= 15 is 0 Å². The van der Waals surface area contributed by atoms with E-state index in [-0.39, 0.29) is 18.1 Å². The molecule has 0 aromatic heterocycles. The van der Waals surface area contributed by atoms with Crippen molar-refractivity contribution in [2.75, 3.05) is 5.75 Å². The summed E-state index contributed by atoms with van der Waals surface area (Å²) in [5, 5.41) is 16.7. The Balaban J connectivity index is 4.02. The van der Waals surface area contributed by atoms with Gasteiger partial charge in [0.05, 0.1) is 0 Å². The van der Waals surface area contributed by atoms with Gasteiger partial charge in [-0.15, -0.1) is 11.8 Å². The summed E-state index contributed by atoms with van der Waals surface area (Å²) < 4.78 is 0. The van der Waals surface area contributed by atoms with Gasteiger partial charge in [0.2, 0.25) is 0 Å². The maximum atomic E-state index is 10.7. The third kappa shape index (κ3) is 6.15. The standard InChI is InChI=1S/C8H14O4S2/c1-5(4-13)14-6(8(11)12)2-3-7(9)10/h5-6,13H,2-4H2,1H3,(H,9,10)(H,11,12). The number of thioether (sulfide) groups is 1. The smallest absolute Gasteiger partial charge is 0.316 e. The van der Waals surface area contributed by atoms with E-state index < -0.39 is 17.2 Å². The van der Waals surface area contributed by atoms with Crippen LogP contribution in [0.5, 0.6) is 0 Å². The van der Waals surface area contributed by atoms with Crippen LogP contribution in [0.2, 0.25) is 0 Å². The normalized spacial score (nSPS) is 14.7. The highest BCUT2D eigenvalue weighted by Gasteiger charge is 2.21. The molecule has 14 heavy (non-hydrogen) atoms. The molecule has 0 heterocycles. The summed E-state index contributed by atoms with van der Waals surface area (Å²) in [5.41, 5.74) is 0. The zero-order chi connectivity index (χ0) is 11.1. The molecule has 0 rings (SSSR count). The molecule has 4 nitrogen and oxygen atoms in total. The van der Waals surface area contributed by atoms with Crippen LogP contribution in [-0.4, -0.2) is 38.4 Å². The fraction of sp³-hybridized carbons (Fsp3) is 0.750. The first-order valence-electron chi connectivity index (χ1n) is 4.18. The van der Waals surface area contributed by atoms with Gasteiger partial charge in [0, 0.05) is 17.4 Å². The van der Waals surface area contributed by atoms with Gasteiger partial charge in [-0.05, 0) is 6.42 Å². The Morgan fingerprint density at radius 3 is 2.36 bits per heavy atom. The van der Waals surface area contributed by atoms with Crippen LogP contribution in [0.15, 0.2) is 0 Å². The average molecular weight is 238 g/mol. The molecule has 2 N–H and O–H groups in total. The van der Waals surface area contributed by atoms with Crippen molar-refractivity contribution in [3.05, 3.63) is 0 Å². The minimum atomic E-state index is -0.963. The van der Waals surface area contributed by atoms with Gasteiger partial charge in [-0.25, -0.2) is 0 Å². The van der Waals surface area contributed by atoms with Crippen LogP contribution in [0.25, 0.3) is 0 Å². The van der Waals surface area contributed by atoms with Gasteiger partial charge in [0.25, 0.3) is 0 Å². The molecular weight excluding hydrogens is 224 g/mol. The first-order valence-corrected chi connectivity index (χ1v) is 5.75. The number of carboxylic acids is 2. The van der Waals surface area contributed by atoms with E-state index in [0.29, 0.717) is 5.75 Å². The van der Waals surface area contributed by atoms with Crippen LogP contribution >= 0.6 is 24.4 Å². The van der Waals surface area contributed by atoms with Crippen LogP contribution in [0, 0.1) is 0 Å². The van der Waals surface area contributed by atoms with E-state index in [2.05, 4.69) is 12.6 Å². The van der Waals surface area contributed by atoms with E-state index in [1.165, 1.54) is 11.8 Å². The molecule has 0 saturated heterocycles. The Morgan fingerprint density at radius 2 is 2.00 bits per heavy atom. The number of thiol groups is 1. The molecule has 0 radical (unpaired) electrons. The van der Waals surface area contributed by atoms with E-state index in [1.807, 2.05) is 6.92 Å². The topological polar surface area (TPSA) is 74.6 Å². The lowest BCUT2D eigenvalue weighted by Crippen LogP contribution is -2.21. The molecule has 0 aliphatic rings. The molecule has 2 unspecified atom stereocenters. The van der Waals surface area contributed by atoms with Crippen molar-refractivity contribution in [1.82, 2.24) is 0 Å². The van der Waals surface area contributed by atoms with Crippen molar-refractivity contribution in [2.45, 2.75) is 30.3 Å². The summed E-state index contributed by atoms with van der Waals surface area (Å²) in [6, 6.07) is 0. The van der Waals surface area contributed by atoms with Crippen molar-refractivity contribution in [1.29, 1.82) is 0 Å². The summed E-state index contributed by atoms with van der Waals surface area (Å²) in [5.74, 6) is -1.33. The highest BCUT2D eigenvalue weighted by Crippen LogP contribution is 2.22. The second-order valence-corrected chi connectivity index (χ2v) is 4.90. The number of carbonyl (C=O) groups is 2. The predicted octanol–water partition coefficient (Wildman–Crippen LogP) is 1.36. The van der Waals surface area contributed by atoms with Crippen LogP contribution in [0.4, 0.5) is 0 Å². The fourth-order valence-electron chi connectivity index (χ4n) is 0.828. The zero-order valence-corrected chi connectivity index (χ0v) is 9.55. The molecule has 0 bridgehead atoms. The predicted molar refractivity (Wildman–Crippen MR) is 59.2 cm³/mol. The minimum Gasteiger partial charge on any atom is -0.481 e. The molecule has 0 aromatic rings. The van der Waals surface area contributed by atoms with Crippen molar-refractivity contribution < 1.29 is 19.8 Å². The maximum Gasteiger partial charge on any atom is 0.316 e. The van der Waals surface area contributed by atoms with Crippen LogP contribution in [0.1, 0.15) is 19.8 Å². The van der Waals surface area contributed by atoms with Gasteiger partial charge in [0.15, 0.2) is 0 Å². The lowest BCUT2D eigenvalue weighted by atomic mass is 10.2. The summed E-state index contributed by atoms with van der Waals surface area (Å²) in [6.45, 7) is 1.87. The molecule has 0 saturated carbocycles. The number of hydrogen-bond donors (Lipinski definition) is 3.